The third-order valence-electron chi connectivity index (χ3n) is 10.2. The zero-order valence-electron chi connectivity index (χ0n) is 26.9. The first kappa shape index (κ1) is 32.4. The first-order valence-corrected chi connectivity index (χ1v) is 18.4. The van der Waals surface area contributed by atoms with Crippen LogP contribution >= 0.6 is 0 Å². The Bertz CT molecular complexity index is 1730. The summed E-state index contributed by atoms with van der Waals surface area (Å²) in [4.78, 5) is 62.6. The molecule has 0 saturated carbocycles. The monoisotopic (exact) mass is 678 g/mol. The summed E-state index contributed by atoms with van der Waals surface area (Å²) in [6.45, 7) is 4.16. The Morgan fingerprint density at radius 2 is 1.60 bits per heavy atom. The number of fused-ring (bicyclic) bond motifs is 2. The van der Waals surface area contributed by atoms with Gasteiger partial charge in [-0.1, -0.05) is 24.3 Å². The molecule has 3 fully saturated rings. The van der Waals surface area contributed by atoms with Crippen LogP contribution in [0.2, 0.25) is 0 Å². The summed E-state index contributed by atoms with van der Waals surface area (Å²) in [5.74, 6) is 0.585. The second-order valence-corrected chi connectivity index (χ2v) is 14.8. The molecule has 1 atom stereocenters. The Balaban J connectivity index is 0.994. The first-order valence-electron chi connectivity index (χ1n) is 16.9. The number of nitrogens with zero attached hydrogens (tertiary/aromatic N) is 4. The number of anilines is 1. The van der Waals surface area contributed by atoms with Crippen LogP contribution in [0.4, 0.5) is 15.3 Å². The number of aromatic nitrogens is 1. The van der Waals surface area contributed by atoms with Crippen molar-refractivity contribution in [2.75, 3.05) is 62.6 Å². The van der Waals surface area contributed by atoms with Crippen LogP contribution in [0.1, 0.15) is 36.8 Å². The normalized spacial score (nSPS) is 21.1. The van der Waals surface area contributed by atoms with Crippen molar-refractivity contribution < 1.29 is 27.7 Å². The van der Waals surface area contributed by atoms with Crippen LogP contribution in [-0.4, -0.2) is 122 Å². The fourth-order valence-electron chi connectivity index (χ4n) is 7.48. The fraction of sp³-hybridized carbons (Fsp3) is 0.529. The van der Waals surface area contributed by atoms with Gasteiger partial charge in [-0.3, -0.25) is 18.9 Å². The number of oxazole rings is 1. The Labute approximate surface area is 281 Å². The fourth-order valence-corrected chi connectivity index (χ4v) is 8.56. The molecule has 0 bridgehead atoms. The molecule has 0 aliphatic carbocycles. The van der Waals surface area contributed by atoms with Crippen molar-refractivity contribution in [1.82, 2.24) is 24.6 Å². The molecule has 0 unspecified atom stereocenters. The van der Waals surface area contributed by atoms with E-state index in [-0.39, 0.29) is 24.4 Å². The Morgan fingerprint density at radius 3 is 2.38 bits per heavy atom. The minimum atomic E-state index is -1.05. The third kappa shape index (κ3) is 7.14. The smallest absolute Gasteiger partial charge is 0.417 e. The van der Waals surface area contributed by atoms with Gasteiger partial charge in [-0.2, -0.15) is 0 Å². The number of carbonyl (C=O) groups is 3. The van der Waals surface area contributed by atoms with Crippen molar-refractivity contribution in [3.63, 3.8) is 0 Å². The molecule has 5 heterocycles. The average molecular weight is 679 g/mol. The van der Waals surface area contributed by atoms with Crippen molar-refractivity contribution in [2.45, 2.75) is 56.7 Å². The van der Waals surface area contributed by atoms with Gasteiger partial charge in [0.05, 0.1) is 5.52 Å². The van der Waals surface area contributed by atoms with Gasteiger partial charge in [0.15, 0.2) is 11.7 Å². The highest BCUT2D eigenvalue weighted by atomic mass is 32.2. The number of hydrogen-bond acceptors (Lipinski definition) is 8. The maximum Gasteiger partial charge on any atom is 0.417 e. The number of H-pyrrole nitrogens is 1. The standard InChI is InChI=1S/C34H42N6O7S/c41-31(38-12-8-25(9-13-38)37-17-19-48(45)20-18-37)30(22-23-5-6-28-29(21-23)46-33(43)36-28)47-34(44)39-14-10-26(11-15-39)40-16-7-24-3-1-2-4-27(24)35-32(40)42/h1-6,21,25-26,30H,7-20,22H2,(H,35,42)(H,36,43)/t30-/m1/s1. The number of urea groups is 1. The predicted molar refractivity (Wildman–Crippen MR) is 180 cm³/mol. The Morgan fingerprint density at radius 1 is 0.896 bits per heavy atom. The van der Waals surface area contributed by atoms with E-state index in [0.717, 1.165) is 43.6 Å². The molecule has 7 rings (SSSR count). The van der Waals surface area contributed by atoms with Crippen LogP contribution in [0.3, 0.4) is 0 Å². The van der Waals surface area contributed by atoms with Crippen molar-refractivity contribution in [3.05, 3.63) is 64.1 Å². The lowest BCUT2D eigenvalue weighted by molar-refractivity contribution is -0.142. The molecule has 0 radical (unpaired) electrons. The molecule has 3 saturated heterocycles. The van der Waals surface area contributed by atoms with E-state index in [1.54, 1.807) is 28.0 Å². The van der Waals surface area contributed by atoms with E-state index < -0.39 is 28.8 Å². The Hall–Kier alpha value is -4.17. The van der Waals surface area contributed by atoms with E-state index in [4.69, 9.17) is 9.15 Å². The molecule has 256 valence electrons. The van der Waals surface area contributed by atoms with Gasteiger partial charge >= 0.3 is 17.9 Å². The number of aromatic amines is 1. The van der Waals surface area contributed by atoms with Gasteiger partial charge < -0.3 is 29.2 Å². The third-order valence-corrected chi connectivity index (χ3v) is 11.5. The number of ether oxygens (including phenoxy) is 1. The van der Waals surface area contributed by atoms with E-state index in [2.05, 4.69) is 15.2 Å². The second kappa shape index (κ2) is 14.1. The molecule has 14 heteroatoms. The number of amides is 4. The number of rotatable bonds is 6. The molecular weight excluding hydrogens is 636 g/mol. The summed E-state index contributed by atoms with van der Waals surface area (Å²) < 4.78 is 23.1. The van der Waals surface area contributed by atoms with Gasteiger partial charge in [-0.05, 0) is 61.4 Å². The van der Waals surface area contributed by atoms with E-state index in [1.165, 1.54) is 0 Å². The SMILES string of the molecule is O=C(O[C@H](Cc1ccc2[nH]c(=O)oc2c1)C(=O)N1CCC(N2CCS(=O)CC2)CC1)N1CCC(N2CCc3ccccc3NC2=O)CC1. The maximum atomic E-state index is 14.0. The van der Waals surface area contributed by atoms with Crippen LogP contribution in [0.5, 0.6) is 0 Å². The van der Waals surface area contributed by atoms with Crippen molar-refractivity contribution in [2.24, 2.45) is 0 Å². The first-order chi connectivity index (χ1) is 23.3. The summed E-state index contributed by atoms with van der Waals surface area (Å²) in [5.41, 5.74) is 3.58. The molecule has 2 N–H and O–H groups in total. The number of nitrogens with one attached hydrogen (secondary N) is 2. The van der Waals surface area contributed by atoms with Crippen LogP contribution < -0.4 is 11.1 Å². The van der Waals surface area contributed by atoms with E-state index in [9.17, 15) is 23.4 Å². The number of hydrogen-bond donors (Lipinski definition) is 2. The van der Waals surface area contributed by atoms with Gasteiger partial charge in [0, 0.05) is 92.3 Å². The molecule has 4 amide bonds. The van der Waals surface area contributed by atoms with Crippen LogP contribution in [0, 0.1) is 0 Å². The summed E-state index contributed by atoms with van der Waals surface area (Å²) in [6.07, 6.45) is 2.13. The predicted octanol–water partition coefficient (Wildman–Crippen LogP) is 2.78. The van der Waals surface area contributed by atoms with E-state index in [0.29, 0.717) is 79.8 Å². The molecule has 48 heavy (non-hydrogen) atoms. The molecule has 2 aromatic carbocycles. The van der Waals surface area contributed by atoms with Gasteiger partial charge in [0.25, 0.3) is 5.91 Å². The van der Waals surface area contributed by atoms with Crippen molar-refractivity contribution >= 4 is 45.6 Å². The van der Waals surface area contributed by atoms with Gasteiger partial charge in [-0.15, -0.1) is 0 Å². The highest BCUT2D eigenvalue weighted by molar-refractivity contribution is 7.85. The van der Waals surface area contributed by atoms with Crippen LogP contribution in [0.15, 0.2) is 51.7 Å². The maximum absolute atomic E-state index is 14.0. The lowest BCUT2D eigenvalue weighted by Gasteiger charge is -2.41. The number of para-hydroxylation sites is 1. The van der Waals surface area contributed by atoms with Crippen molar-refractivity contribution in [1.29, 1.82) is 0 Å². The zero-order valence-corrected chi connectivity index (χ0v) is 27.8. The molecule has 4 aliphatic rings. The molecule has 13 nitrogen and oxygen atoms in total. The molecule has 3 aromatic rings. The van der Waals surface area contributed by atoms with E-state index in [1.807, 2.05) is 29.2 Å². The summed E-state index contributed by atoms with van der Waals surface area (Å²) in [7, 11) is -0.739. The number of piperidine rings is 2. The number of carbonyl (C=O) groups excluding carboxylic acids is 3. The van der Waals surface area contributed by atoms with Gasteiger partial charge in [0.2, 0.25) is 0 Å². The van der Waals surface area contributed by atoms with Gasteiger partial charge in [0.1, 0.15) is 0 Å². The van der Waals surface area contributed by atoms with E-state index >= 15 is 0 Å². The summed E-state index contributed by atoms with van der Waals surface area (Å²) in [5, 5.41) is 3.03. The lowest BCUT2D eigenvalue weighted by atomic mass is 10.0. The number of benzene rings is 2. The quantitative estimate of drug-likeness (QED) is 0.405. The molecule has 1 aromatic heterocycles. The lowest BCUT2D eigenvalue weighted by Crippen LogP contribution is -2.53. The summed E-state index contributed by atoms with van der Waals surface area (Å²) >= 11 is 0. The topological polar surface area (TPSA) is 148 Å². The minimum Gasteiger partial charge on any atom is -0.436 e. The van der Waals surface area contributed by atoms with Gasteiger partial charge in [-0.25, -0.2) is 14.4 Å². The second-order valence-electron chi connectivity index (χ2n) is 13.1. The average Bonchev–Trinajstić information content (AvgIpc) is 3.39. The molecule has 4 aliphatic heterocycles. The zero-order chi connectivity index (χ0) is 33.2. The summed E-state index contributed by atoms with van der Waals surface area (Å²) in [6, 6.07) is 13.3. The molecule has 0 spiro atoms. The highest BCUT2D eigenvalue weighted by Crippen LogP contribution is 2.26. The molecular formula is C34H42N6O7S. The minimum absolute atomic E-state index is 0.00952. The highest BCUT2D eigenvalue weighted by Gasteiger charge is 2.36. The van der Waals surface area contributed by atoms with Crippen LogP contribution in [-0.2, 0) is 33.2 Å². The van der Waals surface area contributed by atoms with Crippen LogP contribution in [0.25, 0.3) is 11.1 Å². The largest absolute Gasteiger partial charge is 0.436 e. The Kier molecular flexibility index (Phi) is 9.53. The number of likely N-dealkylation sites (tertiary alicyclic amines) is 2. The van der Waals surface area contributed by atoms with Crippen molar-refractivity contribution in [3.8, 4) is 0 Å².